The fourth-order valence-corrected chi connectivity index (χ4v) is 2.43. The maximum atomic E-state index is 12.1. The van der Waals surface area contributed by atoms with Gasteiger partial charge in [0.25, 0.3) is 0 Å². The number of piperazine rings is 1. The minimum atomic E-state index is -0.876. The summed E-state index contributed by atoms with van der Waals surface area (Å²) in [5.74, 6) is -1.69. The lowest BCUT2D eigenvalue weighted by molar-refractivity contribution is -0.142. The molecule has 1 saturated carbocycles. The molecule has 2 fully saturated rings. The van der Waals surface area contributed by atoms with Gasteiger partial charge < -0.3 is 14.9 Å². The van der Waals surface area contributed by atoms with E-state index in [9.17, 15) is 14.4 Å². The van der Waals surface area contributed by atoms with Crippen LogP contribution in [0.25, 0.3) is 0 Å². The second kappa shape index (κ2) is 5.78. The first-order valence-corrected chi connectivity index (χ1v) is 6.84. The van der Waals surface area contributed by atoms with Gasteiger partial charge in [0.05, 0.1) is 18.4 Å². The molecule has 0 aromatic heterocycles. The minimum Gasteiger partial charge on any atom is -0.481 e. The van der Waals surface area contributed by atoms with Crippen LogP contribution in [0.15, 0.2) is 0 Å². The van der Waals surface area contributed by atoms with E-state index >= 15 is 0 Å². The Morgan fingerprint density at radius 1 is 1.10 bits per heavy atom. The molecule has 2 atom stereocenters. The van der Waals surface area contributed by atoms with Crippen LogP contribution in [-0.4, -0.2) is 84.4 Å². The van der Waals surface area contributed by atoms with Crippen molar-refractivity contribution in [1.82, 2.24) is 14.7 Å². The van der Waals surface area contributed by atoms with Gasteiger partial charge in [0.2, 0.25) is 11.8 Å². The Bertz CT molecular complexity index is 416. The minimum absolute atomic E-state index is 0.0454. The van der Waals surface area contributed by atoms with Gasteiger partial charge in [0, 0.05) is 40.3 Å². The zero-order valence-corrected chi connectivity index (χ0v) is 11.9. The second-order valence-electron chi connectivity index (χ2n) is 5.68. The van der Waals surface area contributed by atoms with Crippen molar-refractivity contribution in [1.29, 1.82) is 0 Å². The third-order valence-electron chi connectivity index (χ3n) is 3.97. The van der Waals surface area contributed by atoms with Crippen molar-refractivity contribution in [3.63, 3.8) is 0 Å². The molecule has 0 spiro atoms. The number of likely N-dealkylation sites (N-methyl/N-ethyl adjacent to an activating group) is 1. The fraction of sp³-hybridized carbons (Fsp3) is 0.769. The van der Waals surface area contributed by atoms with E-state index in [0.717, 1.165) is 0 Å². The highest BCUT2D eigenvalue weighted by molar-refractivity contribution is 5.89. The summed E-state index contributed by atoms with van der Waals surface area (Å²) in [7, 11) is 3.45. The number of carboxylic acids is 1. The first-order chi connectivity index (χ1) is 9.40. The molecule has 0 unspecified atom stereocenters. The van der Waals surface area contributed by atoms with Crippen molar-refractivity contribution in [2.24, 2.45) is 11.8 Å². The summed E-state index contributed by atoms with van der Waals surface area (Å²) in [6.45, 7) is 2.84. The van der Waals surface area contributed by atoms with Crippen LogP contribution in [0.1, 0.15) is 6.42 Å². The van der Waals surface area contributed by atoms with E-state index in [0.29, 0.717) is 39.1 Å². The van der Waals surface area contributed by atoms with Crippen LogP contribution in [0.2, 0.25) is 0 Å². The van der Waals surface area contributed by atoms with Gasteiger partial charge in [-0.3, -0.25) is 19.3 Å². The van der Waals surface area contributed by atoms with E-state index in [1.165, 1.54) is 0 Å². The molecule has 2 aliphatic rings. The third kappa shape index (κ3) is 3.27. The van der Waals surface area contributed by atoms with Gasteiger partial charge in [-0.25, -0.2) is 0 Å². The predicted octanol–water partition coefficient (Wildman–Crippen LogP) is -1.06. The summed E-state index contributed by atoms with van der Waals surface area (Å²) in [5.41, 5.74) is 0. The Balaban J connectivity index is 1.76. The quantitative estimate of drug-likeness (QED) is 0.711. The molecule has 7 heteroatoms. The van der Waals surface area contributed by atoms with Gasteiger partial charge in [0.1, 0.15) is 0 Å². The van der Waals surface area contributed by atoms with Crippen LogP contribution in [0, 0.1) is 11.8 Å². The van der Waals surface area contributed by atoms with Gasteiger partial charge >= 0.3 is 5.97 Å². The molecule has 112 valence electrons. The van der Waals surface area contributed by atoms with Crippen molar-refractivity contribution in [3.05, 3.63) is 0 Å². The van der Waals surface area contributed by atoms with Crippen LogP contribution in [0.5, 0.6) is 0 Å². The van der Waals surface area contributed by atoms with Crippen LogP contribution < -0.4 is 0 Å². The lowest BCUT2D eigenvalue weighted by Crippen LogP contribution is -2.51. The molecule has 0 aromatic carbocycles. The molecule has 7 nitrogen and oxygen atoms in total. The molecule has 20 heavy (non-hydrogen) atoms. The highest BCUT2D eigenvalue weighted by Gasteiger charge is 2.50. The standard InChI is InChI=1S/C13H21N3O4/c1-14(2)11(17)8-15-3-5-16(6-4-15)12(18)9-7-10(9)13(19)20/h9-10H,3-8H2,1-2H3,(H,19,20)/t9-,10+/m1/s1. The molecule has 0 bridgehead atoms. The molecule has 1 N–H and O–H groups in total. The number of carboxylic acid groups (broad SMARTS) is 1. The van der Waals surface area contributed by atoms with Crippen molar-refractivity contribution in [3.8, 4) is 0 Å². The van der Waals surface area contributed by atoms with Crippen LogP contribution in [0.4, 0.5) is 0 Å². The molecule has 2 amide bonds. The summed E-state index contributed by atoms with van der Waals surface area (Å²) < 4.78 is 0. The van der Waals surface area contributed by atoms with Gasteiger partial charge in [-0.05, 0) is 6.42 Å². The number of carbonyl (C=O) groups is 3. The summed E-state index contributed by atoms with van der Waals surface area (Å²) in [4.78, 5) is 39.8. The first kappa shape index (κ1) is 14.8. The summed E-state index contributed by atoms with van der Waals surface area (Å²) in [6.07, 6.45) is 0.466. The molecule has 1 heterocycles. The Hall–Kier alpha value is -1.63. The molecule has 0 aromatic rings. The van der Waals surface area contributed by atoms with E-state index < -0.39 is 11.9 Å². The normalized spacial score (nSPS) is 26.2. The third-order valence-corrected chi connectivity index (χ3v) is 3.97. The molecule has 1 saturated heterocycles. The Kier molecular flexibility index (Phi) is 4.27. The SMILES string of the molecule is CN(C)C(=O)CN1CCN(C(=O)[C@@H]2C[C@@H]2C(=O)O)CC1. The largest absolute Gasteiger partial charge is 0.481 e. The van der Waals surface area contributed by atoms with Crippen molar-refractivity contribution >= 4 is 17.8 Å². The van der Waals surface area contributed by atoms with E-state index in [1.54, 1.807) is 23.9 Å². The molecule has 0 radical (unpaired) electrons. The van der Waals surface area contributed by atoms with E-state index in [-0.39, 0.29) is 17.7 Å². The second-order valence-corrected chi connectivity index (χ2v) is 5.68. The summed E-state index contributed by atoms with van der Waals surface area (Å²) in [6, 6.07) is 0. The average Bonchev–Trinajstić information content (AvgIpc) is 3.19. The predicted molar refractivity (Wildman–Crippen MR) is 70.9 cm³/mol. The topological polar surface area (TPSA) is 81.2 Å². The maximum absolute atomic E-state index is 12.1. The Morgan fingerprint density at radius 3 is 2.15 bits per heavy atom. The van der Waals surface area contributed by atoms with Gasteiger partial charge in [-0.1, -0.05) is 0 Å². The highest BCUT2D eigenvalue weighted by Crippen LogP contribution is 2.40. The molecular weight excluding hydrogens is 262 g/mol. The van der Waals surface area contributed by atoms with Crippen LogP contribution >= 0.6 is 0 Å². The van der Waals surface area contributed by atoms with E-state index in [2.05, 4.69) is 0 Å². The zero-order valence-electron chi connectivity index (χ0n) is 11.9. The molecular formula is C13H21N3O4. The Morgan fingerprint density at radius 2 is 1.70 bits per heavy atom. The number of carbonyl (C=O) groups excluding carboxylic acids is 2. The van der Waals surface area contributed by atoms with Gasteiger partial charge in [-0.2, -0.15) is 0 Å². The molecule has 1 aliphatic carbocycles. The van der Waals surface area contributed by atoms with Crippen LogP contribution in [-0.2, 0) is 14.4 Å². The van der Waals surface area contributed by atoms with E-state index in [1.807, 2.05) is 4.90 Å². The van der Waals surface area contributed by atoms with E-state index in [4.69, 9.17) is 5.11 Å². The maximum Gasteiger partial charge on any atom is 0.307 e. The lowest BCUT2D eigenvalue weighted by atomic mass is 10.2. The van der Waals surface area contributed by atoms with Crippen molar-refractivity contribution < 1.29 is 19.5 Å². The summed E-state index contributed by atoms with van der Waals surface area (Å²) >= 11 is 0. The lowest BCUT2D eigenvalue weighted by Gasteiger charge is -2.34. The summed E-state index contributed by atoms with van der Waals surface area (Å²) in [5, 5.41) is 8.84. The van der Waals surface area contributed by atoms with Gasteiger partial charge in [0.15, 0.2) is 0 Å². The average molecular weight is 283 g/mol. The number of amides is 2. The smallest absolute Gasteiger partial charge is 0.307 e. The monoisotopic (exact) mass is 283 g/mol. The highest BCUT2D eigenvalue weighted by atomic mass is 16.4. The van der Waals surface area contributed by atoms with Gasteiger partial charge in [-0.15, -0.1) is 0 Å². The van der Waals surface area contributed by atoms with Crippen molar-refractivity contribution in [2.75, 3.05) is 46.8 Å². The number of nitrogens with zero attached hydrogens (tertiary/aromatic N) is 3. The first-order valence-electron chi connectivity index (χ1n) is 6.84. The molecule has 2 rings (SSSR count). The number of rotatable bonds is 4. The molecule has 1 aliphatic heterocycles. The number of hydrogen-bond acceptors (Lipinski definition) is 4. The van der Waals surface area contributed by atoms with Crippen LogP contribution in [0.3, 0.4) is 0 Å². The zero-order chi connectivity index (χ0) is 14.9. The Labute approximate surface area is 118 Å². The number of aliphatic carboxylic acids is 1. The van der Waals surface area contributed by atoms with Crippen molar-refractivity contribution in [2.45, 2.75) is 6.42 Å². The number of hydrogen-bond donors (Lipinski definition) is 1. The fourth-order valence-electron chi connectivity index (χ4n) is 2.43.